The number of rotatable bonds is 1. The van der Waals surface area contributed by atoms with E-state index in [1.807, 2.05) is 0 Å². The maximum atomic E-state index is 8.89. The van der Waals surface area contributed by atoms with Gasteiger partial charge in [-0.25, -0.2) is 0 Å². The quantitative estimate of drug-likeness (QED) is 0.422. The smallest absolute Gasteiger partial charge is 0.0383 e. The Kier molecular flexibility index (Phi) is 63.0. The van der Waals surface area contributed by atoms with E-state index in [2.05, 4.69) is 0 Å². The van der Waals surface area contributed by atoms with E-state index in [4.69, 9.17) is 51.1 Å². The van der Waals surface area contributed by atoms with Gasteiger partial charge in [0.2, 0.25) is 0 Å². The van der Waals surface area contributed by atoms with Gasteiger partial charge in [0.25, 0.3) is 0 Å². The third-order valence-corrected chi connectivity index (χ3v) is 0.167. The van der Waals surface area contributed by atoms with Gasteiger partial charge in [-0.3, -0.25) is 0 Å². The molecular formula is C10H20CuN2O8-4. The largest absolute Gasteiger partial charge is 0.550 e. The molecule has 0 bridgehead atoms. The molecule has 4 N–H and O–H groups in total. The normalized spacial score (nSPS) is 6.19. The summed E-state index contributed by atoms with van der Waals surface area (Å²) in [6, 6.07) is 0. The van der Waals surface area contributed by atoms with Gasteiger partial charge in [-0.15, -0.1) is 0 Å². The first-order valence-corrected chi connectivity index (χ1v) is 4.95. The number of carboxylic acid groups (broad SMARTS) is 4. The summed E-state index contributed by atoms with van der Waals surface area (Å²) in [5.74, 6) is -4.33. The fourth-order valence-corrected chi connectivity index (χ4v) is 0. The predicted octanol–water partition coefficient (Wildman–Crippen LogP) is -6.07. The van der Waals surface area contributed by atoms with Crippen LogP contribution in [0.4, 0.5) is 0 Å². The van der Waals surface area contributed by atoms with Crippen LogP contribution in [0, 0.1) is 0 Å². The van der Waals surface area contributed by atoms with Gasteiger partial charge >= 0.3 is 0 Å². The molecule has 0 fully saturated rings. The first-order valence-electron chi connectivity index (χ1n) is 4.95. The van der Waals surface area contributed by atoms with Gasteiger partial charge in [0, 0.05) is 54.0 Å². The van der Waals surface area contributed by atoms with Crippen LogP contribution in [0.1, 0.15) is 27.7 Å². The molecule has 0 amide bonds. The minimum absolute atomic E-state index is 0. The topological polar surface area (TPSA) is 213 Å². The molecule has 0 saturated carbocycles. The summed E-state index contributed by atoms with van der Waals surface area (Å²) >= 11 is 0. The molecule has 11 heteroatoms. The fraction of sp³-hybridized carbons (Fsp3) is 0.600. The van der Waals surface area contributed by atoms with Crippen molar-refractivity contribution in [1.29, 1.82) is 0 Å². The van der Waals surface area contributed by atoms with Gasteiger partial charge in [0.05, 0.1) is 0 Å². The maximum absolute atomic E-state index is 8.89. The summed E-state index contributed by atoms with van der Waals surface area (Å²) in [5, 5.41) is 35.6. The Morgan fingerprint density at radius 2 is 0.667 bits per heavy atom. The monoisotopic (exact) mass is 359 g/mol. The van der Waals surface area contributed by atoms with Crippen LogP contribution in [0.15, 0.2) is 0 Å². The Morgan fingerprint density at radius 1 is 0.619 bits per heavy atom. The van der Waals surface area contributed by atoms with Gasteiger partial charge in [0.15, 0.2) is 0 Å². The van der Waals surface area contributed by atoms with Crippen molar-refractivity contribution in [3.05, 3.63) is 0 Å². The first-order chi connectivity index (χ1) is 8.84. The third kappa shape index (κ3) is 10500. The van der Waals surface area contributed by atoms with Crippen LogP contribution in [0.25, 0.3) is 0 Å². The van der Waals surface area contributed by atoms with Crippen molar-refractivity contribution < 1.29 is 56.7 Å². The molecule has 0 aliphatic rings. The van der Waals surface area contributed by atoms with Crippen LogP contribution in [0.2, 0.25) is 0 Å². The average molecular weight is 360 g/mol. The third-order valence-electron chi connectivity index (χ3n) is 0.167. The molecule has 0 aromatic heterocycles. The van der Waals surface area contributed by atoms with Crippen molar-refractivity contribution in [2.75, 3.05) is 13.1 Å². The van der Waals surface area contributed by atoms with Crippen LogP contribution in [0.5, 0.6) is 0 Å². The van der Waals surface area contributed by atoms with E-state index in [9.17, 15) is 0 Å². The molecule has 0 heterocycles. The minimum Gasteiger partial charge on any atom is -0.550 e. The average Bonchev–Trinajstić information content (AvgIpc) is 2.13. The van der Waals surface area contributed by atoms with Gasteiger partial charge in [-0.05, 0) is 27.7 Å². The van der Waals surface area contributed by atoms with Crippen LogP contribution < -0.4 is 31.9 Å². The number of hydrogen-bond acceptors (Lipinski definition) is 10. The molecule has 0 rings (SSSR count). The Hall–Kier alpha value is -1.68. The molecule has 0 atom stereocenters. The molecule has 0 aliphatic heterocycles. The molecule has 0 aromatic rings. The zero-order valence-corrected chi connectivity index (χ0v) is 13.1. The first kappa shape index (κ1) is 36.5. The maximum Gasteiger partial charge on any atom is 0.0383 e. The van der Waals surface area contributed by atoms with E-state index in [1.165, 1.54) is 0 Å². The summed E-state index contributed by atoms with van der Waals surface area (Å²) in [4.78, 5) is 35.6. The minimum atomic E-state index is -1.08. The molecule has 0 unspecified atom stereocenters. The second kappa shape index (κ2) is 36.2. The number of nitrogens with two attached hydrogens (primary N) is 2. The molecule has 0 saturated heterocycles. The fourth-order valence-electron chi connectivity index (χ4n) is 0. The molecular weight excluding hydrogens is 340 g/mol. The Labute approximate surface area is 133 Å². The zero-order valence-electron chi connectivity index (χ0n) is 12.1. The summed E-state index contributed by atoms with van der Waals surface area (Å²) in [5.41, 5.74) is 9.81. The van der Waals surface area contributed by atoms with Gasteiger partial charge in [-0.1, -0.05) is 0 Å². The molecule has 1 radical (unpaired) electrons. The van der Waals surface area contributed by atoms with Crippen molar-refractivity contribution in [2.45, 2.75) is 27.7 Å². The number of carbonyl (C=O) groups is 4. The summed E-state index contributed by atoms with van der Waals surface area (Å²) in [6.07, 6.45) is 0. The van der Waals surface area contributed by atoms with E-state index in [1.54, 1.807) is 0 Å². The standard InChI is InChI=1S/C2H8N2.4C2H4O2.Cu/c3-1-2-4;4*1-2(3)4;/h1-4H2;4*1H3,(H,3,4);/p-4. The van der Waals surface area contributed by atoms with Crippen LogP contribution >= 0.6 is 0 Å². The molecule has 0 aromatic carbocycles. The van der Waals surface area contributed by atoms with Crippen molar-refractivity contribution in [3.63, 3.8) is 0 Å². The predicted molar refractivity (Wildman–Crippen MR) is 60.8 cm³/mol. The number of carboxylic acids is 4. The van der Waals surface area contributed by atoms with Crippen molar-refractivity contribution >= 4 is 23.9 Å². The molecule has 133 valence electrons. The summed E-state index contributed by atoms with van der Waals surface area (Å²) in [7, 11) is 0. The number of aliphatic carboxylic acids is 4. The zero-order chi connectivity index (χ0) is 17.7. The van der Waals surface area contributed by atoms with Crippen molar-refractivity contribution in [2.24, 2.45) is 11.5 Å². The van der Waals surface area contributed by atoms with Crippen LogP contribution in [-0.2, 0) is 36.2 Å². The number of hydrogen-bond donors (Lipinski definition) is 2. The summed E-state index contributed by atoms with van der Waals surface area (Å²) in [6.45, 7) is 5.08. The van der Waals surface area contributed by atoms with Crippen LogP contribution in [0.3, 0.4) is 0 Å². The van der Waals surface area contributed by atoms with E-state index in [0.29, 0.717) is 13.1 Å². The van der Waals surface area contributed by atoms with E-state index >= 15 is 0 Å². The Morgan fingerprint density at radius 3 is 0.667 bits per heavy atom. The van der Waals surface area contributed by atoms with E-state index < -0.39 is 23.9 Å². The SMILES string of the molecule is CC(=O)[O-].CC(=O)[O-].CC(=O)[O-].CC(=O)[O-].NCCN.[Cu]. The molecule has 10 nitrogen and oxygen atoms in total. The van der Waals surface area contributed by atoms with E-state index in [-0.39, 0.29) is 17.1 Å². The Bertz CT molecular complexity index is 195. The second-order valence-electron chi connectivity index (χ2n) is 2.54. The molecule has 0 spiro atoms. The van der Waals surface area contributed by atoms with Gasteiger partial charge in [0.1, 0.15) is 0 Å². The van der Waals surface area contributed by atoms with E-state index in [0.717, 1.165) is 27.7 Å². The summed E-state index contributed by atoms with van der Waals surface area (Å²) < 4.78 is 0. The Balaban J connectivity index is -0.0000000331. The van der Waals surface area contributed by atoms with Crippen molar-refractivity contribution in [3.8, 4) is 0 Å². The molecule has 21 heavy (non-hydrogen) atoms. The van der Waals surface area contributed by atoms with Crippen molar-refractivity contribution in [1.82, 2.24) is 0 Å². The molecule has 0 aliphatic carbocycles. The second-order valence-corrected chi connectivity index (χ2v) is 2.54. The van der Waals surface area contributed by atoms with Gasteiger partial charge in [-0.2, -0.15) is 0 Å². The number of carbonyl (C=O) groups excluding carboxylic acids is 4. The van der Waals surface area contributed by atoms with Gasteiger partial charge < -0.3 is 51.1 Å². The van der Waals surface area contributed by atoms with Crippen LogP contribution in [-0.4, -0.2) is 37.0 Å².